The molecule has 0 unspecified atom stereocenters. The van der Waals surface area contributed by atoms with Gasteiger partial charge in [-0.15, -0.1) is 0 Å². The third kappa shape index (κ3) is 30.1. The highest BCUT2D eigenvalue weighted by molar-refractivity contribution is 8.77. The van der Waals surface area contributed by atoms with Crippen LogP contribution >= 0.6 is 43.2 Å². The van der Waals surface area contributed by atoms with Crippen molar-refractivity contribution in [3.8, 4) is 0 Å². The topological polar surface area (TPSA) is 178 Å². The van der Waals surface area contributed by atoms with Crippen LogP contribution in [0.5, 0.6) is 0 Å². The number of carbonyl (C=O) groups is 5. The molecule has 5 amide bonds. The summed E-state index contributed by atoms with van der Waals surface area (Å²) in [5.74, 6) is 3.18. The Kier molecular flexibility index (Phi) is 32.6. The van der Waals surface area contributed by atoms with Gasteiger partial charge in [0, 0.05) is 107 Å². The van der Waals surface area contributed by atoms with E-state index in [1.54, 1.807) is 55.3 Å². The van der Waals surface area contributed by atoms with Gasteiger partial charge in [-0.2, -0.15) is 0 Å². The number of nitrogens with two attached hydrogens (primary N) is 1. The minimum absolute atomic E-state index is 0.0206. The number of amides is 5. The third-order valence-electron chi connectivity index (χ3n) is 7.92. The summed E-state index contributed by atoms with van der Waals surface area (Å²) in [5, 5.41) is 14.8. The van der Waals surface area contributed by atoms with Gasteiger partial charge in [0.15, 0.2) is 0 Å². The Hall–Kier alpha value is -2.15. The fraction of sp³-hybridized carbons (Fsp3) is 0.703. The second-order valence-electron chi connectivity index (χ2n) is 12.7. The summed E-state index contributed by atoms with van der Waals surface area (Å²) >= 11 is 0. The Morgan fingerprint density at radius 2 is 1.02 bits per heavy atom. The quantitative estimate of drug-likeness (QED) is 0.0435. The van der Waals surface area contributed by atoms with Crippen LogP contribution in [0.25, 0.3) is 0 Å². The Labute approximate surface area is 339 Å². The van der Waals surface area contributed by atoms with E-state index in [0.29, 0.717) is 83.6 Å². The van der Waals surface area contributed by atoms with Gasteiger partial charge in [-0.3, -0.25) is 24.0 Å². The monoisotopic (exact) mass is 830 g/mol. The van der Waals surface area contributed by atoms with Gasteiger partial charge in [0.25, 0.3) is 5.91 Å². The minimum Gasteiger partial charge on any atom is -0.355 e. The molecule has 54 heavy (non-hydrogen) atoms. The van der Waals surface area contributed by atoms with Gasteiger partial charge in [0.05, 0.1) is 0 Å². The van der Waals surface area contributed by atoms with Crippen LogP contribution in [-0.4, -0.2) is 141 Å². The van der Waals surface area contributed by atoms with Crippen LogP contribution in [0.4, 0.5) is 0 Å². The molecule has 0 aliphatic heterocycles. The van der Waals surface area contributed by atoms with Gasteiger partial charge in [0.1, 0.15) is 0 Å². The molecule has 0 radical (unpaired) electrons. The van der Waals surface area contributed by atoms with Crippen LogP contribution in [-0.2, 0) is 19.2 Å². The molecular weight excluding hydrogens is 765 g/mol. The molecule has 1 rings (SSSR count). The van der Waals surface area contributed by atoms with Crippen LogP contribution in [0.3, 0.4) is 0 Å². The van der Waals surface area contributed by atoms with E-state index >= 15 is 0 Å². The van der Waals surface area contributed by atoms with Crippen molar-refractivity contribution in [3.05, 3.63) is 35.9 Å². The zero-order valence-electron chi connectivity index (χ0n) is 32.5. The molecule has 1 aromatic rings. The van der Waals surface area contributed by atoms with Gasteiger partial charge >= 0.3 is 0 Å². The van der Waals surface area contributed by atoms with Gasteiger partial charge in [-0.05, 0) is 70.9 Å². The first kappa shape index (κ1) is 49.9. The summed E-state index contributed by atoms with van der Waals surface area (Å²) in [6.07, 6.45) is 6.23. The van der Waals surface area contributed by atoms with Crippen molar-refractivity contribution < 1.29 is 24.0 Å². The van der Waals surface area contributed by atoms with E-state index in [9.17, 15) is 24.0 Å². The summed E-state index contributed by atoms with van der Waals surface area (Å²) in [6, 6.07) is 9.13. The second kappa shape index (κ2) is 35.3. The lowest BCUT2D eigenvalue weighted by Crippen LogP contribution is -2.36. The smallest absolute Gasteiger partial charge is 0.251 e. The largest absolute Gasteiger partial charge is 0.355 e. The molecule has 1 aromatic carbocycles. The van der Waals surface area contributed by atoms with E-state index in [0.717, 1.165) is 74.7 Å². The van der Waals surface area contributed by atoms with Crippen LogP contribution < -0.4 is 32.3 Å². The average molecular weight is 831 g/mol. The molecule has 0 saturated heterocycles. The molecule has 0 fully saturated rings. The van der Waals surface area contributed by atoms with Crippen molar-refractivity contribution in [3.63, 3.8) is 0 Å². The molecular formula is C37H66N8O5S4. The van der Waals surface area contributed by atoms with E-state index in [-0.39, 0.29) is 29.5 Å². The number of carbonyl (C=O) groups excluding carboxylic acids is 5. The maximum atomic E-state index is 12.6. The molecule has 0 aromatic heterocycles. The van der Waals surface area contributed by atoms with Gasteiger partial charge < -0.3 is 42.1 Å². The number of benzene rings is 1. The maximum absolute atomic E-state index is 12.6. The Bertz CT molecular complexity index is 1160. The van der Waals surface area contributed by atoms with E-state index in [1.165, 1.54) is 0 Å². The number of hydrogen-bond donors (Lipinski definition) is 6. The van der Waals surface area contributed by atoms with Crippen LogP contribution in [0.2, 0.25) is 0 Å². The van der Waals surface area contributed by atoms with E-state index in [2.05, 4.69) is 36.4 Å². The van der Waals surface area contributed by atoms with Crippen molar-refractivity contribution >= 4 is 72.7 Å². The van der Waals surface area contributed by atoms with Crippen molar-refractivity contribution in [2.24, 2.45) is 5.73 Å². The standard InChI is InChI=1S/C37H66N8O5S4/c1-3-11-33(46)39-19-28-51-53-30-21-41-35(48)15-26-45(24-10-8-18-43-37(50)32-12-5-4-6-13-32)27-16-36(49)42-22-31-54-52-29-20-40-34(47)14-25-44(2)23-9-7-17-38/h4-6,12-13H,3,7-11,14-31,38H2,1-2H3,(H,39,46)(H,40,47)(H,41,48)(H,42,49)(H,43,50). The summed E-state index contributed by atoms with van der Waals surface area (Å²) in [7, 11) is 8.73. The van der Waals surface area contributed by atoms with E-state index in [4.69, 9.17) is 5.73 Å². The van der Waals surface area contributed by atoms with Gasteiger partial charge in [-0.25, -0.2) is 0 Å². The lowest BCUT2D eigenvalue weighted by molar-refractivity contribution is -0.122. The van der Waals surface area contributed by atoms with Crippen molar-refractivity contribution in [1.29, 1.82) is 0 Å². The first-order valence-corrected chi connectivity index (χ1v) is 24.2. The normalized spacial score (nSPS) is 11.1. The molecule has 0 heterocycles. The molecule has 13 nitrogen and oxygen atoms in total. The third-order valence-corrected chi connectivity index (χ3v) is 12.7. The fourth-order valence-electron chi connectivity index (χ4n) is 4.88. The molecule has 0 bridgehead atoms. The summed E-state index contributed by atoms with van der Waals surface area (Å²) in [6.45, 7) is 9.13. The number of rotatable bonds is 35. The molecule has 7 N–H and O–H groups in total. The minimum atomic E-state index is -0.0940. The predicted molar refractivity (Wildman–Crippen MR) is 231 cm³/mol. The molecule has 0 saturated carbocycles. The summed E-state index contributed by atoms with van der Waals surface area (Å²) in [4.78, 5) is 65.5. The van der Waals surface area contributed by atoms with Gasteiger partial charge in [-0.1, -0.05) is 68.3 Å². The van der Waals surface area contributed by atoms with E-state index in [1.807, 2.05) is 32.2 Å². The molecule has 0 aliphatic rings. The van der Waals surface area contributed by atoms with Crippen LogP contribution in [0.1, 0.15) is 75.1 Å². The Balaban J connectivity index is 2.28. The maximum Gasteiger partial charge on any atom is 0.251 e. The number of unbranched alkanes of at least 4 members (excludes halogenated alkanes) is 2. The first-order valence-electron chi connectivity index (χ1n) is 19.2. The summed E-state index contributed by atoms with van der Waals surface area (Å²) < 4.78 is 0. The summed E-state index contributed by atoms with van der Waals surface area (Å²) in [5.41, 5.74) is 6.17. The Morgan fingerprint density at radius 3 is 1.50 bits per heavy atom. The van der Waals surface area contributed by atoms with Crippen LogP contribution in [0.15, 0.2) is 30.3 Å². The van der Waals surface area contributed by atoms with Crippen molar-refractivity contribution in [2.45, 2.75) is 64.7 Å². The lowest BCUT2D eigenvalue weighted by Gasteiger charge is -2.22. The SMILES string of the molecule is CCCC(=O)NCCSSCCNC(=O)CCN(CCCCNC(=O)c1ccccc1)CCC(=O)NCCSSCCNC(=O)CCN(C)CCCCN. The molecule has 0 atom stereocenters. The Morgan fingerprint density at radius 1 is 0.556 bits per heavy atom. The predicted octanol–water partition coefficient (Wildman–Crippen LogP) is 3.37. The van der Waals surface area contributed by atoms with Crippen molar-refractivity contribution in [1.82, 2.24) is 36.4 Å². The average Bonchev–Trinajstić information content (AvgIpc) is 3.17. The molecule has 0 aliphatic carbocycles. The first-order chi connectivity index (χ1) is 26.2. The van der Waals surface area contributed by atoms with E-state index < -0.39 is 0 Å². The highest BCUT2D eigenvalue weighted by Gasteiger charge is 2.12. The molecule has 17 heteroatoms. The number of nitrogens with one attached hydrogen (secondary N) is 5. The number of hydrogen-bond acceptors (Lipinski definition) is 12. The number of nitrogens with zero attached hydrogens (tertiary/aromatic N) is 2. The second-order valence-corrected chi connectivity index (χ2v) is 18.1. The molecule has 308 valence electrons. The van der Waals surface area contributed by atoms with Crippen LogP contribution in [0, 0.1) is 0 Å². The van der Waals surface area contributed by atoms with Gasteiger partial charge in [0.2, 0.25) is 23.6 Å². The van der Waals surface area contributed by atoms with Crippen molar-refractivity contribution in [2.75, 3.05) is 102 Å². The zero-order chi connectivity index (χ0) is 39.5. The molecule has 0 spiro atoms. The lowest BCUT2D eigenvalue weighted by atomic mass is 10.2. The highest BCUT2D eigenvalue weighted by Crippen LogP contribution is 2.20. The fourth-order valence-corrected chi connectivity index (χ4v) is 8.51. The zero-order valence-corrected chi connectivity index (χ0v) is 35.8. The highest BCUT2D eigenvalue weighted by atomic mass is 33.1.